The highest BCUT2D eigenvalue weighted by Crippen LogP contribution is 2.18. The molecule has 1 N–H and O–H groups in total. The molecule has 6 heteroatoms. The Hall–Kier alpha value is -1.14. The largest absolute Gasteiger partial charge is 0.480 e. The number of hydrogen-bond acceptors (Lipinski definition) is 4. The van der Waals surface area contributed by atoms with Crippen LogP contribution in [0.2, 0.25) is 0 Å². The van der Waals surface area contributed by atoms with E-state index in [1.54, 1.807) is 0 Å². The number of likely N-dealkylation sites (tertiary alicyclic amines) is 1. The lowest BCUT2D eigenvalue weighted by molar-refractivity contribution is -0.149. The summed E-state index contributed by atoms with van der Waals surface area (Å²) >= 11 is 0. The fourth-order valence-electron chi connectivity index (χ4n) is 3.02. The molecule has 0 bridgehead atoms. The molecule has 0 aromatic carbocycles. The number of rotatable bonds is 3. The molecule has 1 amide bonds. The van der Waals surface area contributed by atoms with Gasteiger partial charge in [-0.05, 0) is 26.7 Å². The number of hydrogen-bond donors (Lipinski definition) is 1. The van der Waals surface area contributed by atoms with Gasteiger partial charge in [0.2, 0.25) is 5.91 Å². The SMILES string of the molecule is CC1CN(CC(=O)N2CCCC2C(=O)O)CC(C)O1. The first-order chi connectivity index (χ1) is 8.97. The average Bonchev–Trinajstić information content (AvgIpc) is 2.75. The zero-order chi connectivity index (χ0) is 14.0. The van der Waals surface area contributed by atoms with Crippen LogP contribution in [0.25, 0.3) is 0 Å². The van der Waals surface area contributed by atoms with Gasteiger partial charge < -0.3 is 14.7 Å². The van der Waals surface area contributed by atoms with Crippen molar-refractivity contribution in [3.63, 3.8) is 0 Å². The Morgan fingerprint density at radius 3 is 2.47 bits per heavy atom. The molecule has 0 spiro atoms. The second-order valence-electron chi connectivity index (χ2n) is 5.53. The molecule has 19 heavy (non-hydrogen) atoms. The standard InChI is InChI=1S/C13H22N2O4/c1-9-6-14(7-10(2)19-9)8-12(16)15-5-3-4-11(15)13(17)18/h9-11H,3-8H2,1-2H3,(H,17,18). The maximum Gasteiger partial charge on any atom is 0.326 e. The highest BCUT2D eigenvalue weighted by Gasteiger charge is 2.35. The van der Waals surface area contributed by atoms with Crippen molar-refractivity contribution in [2.45, 2.75) is 44.9 Å². The number of ether oxygens (including phenoxy) is 1. The van der Waals surface area contributed by atoms with Crippen LogP contribution in [-0.4, -0.2) is 71.2 Å². The second-order valence-corrected chi connectivity index (χ2v) is 5.53. The molecule has 2 aliphatic heterocycles. The highest BCUT2D eigenvalue weighted by atomic mass is 16.5. The summed E-state index contributed by atoms with van der Waals surface area (Å²) in [5.74, 6) is -0.972. The van der Waals surface area contributed by atoms with Gasteiger partial charge in [0.25, 0.3) is 0 Å². The molecule has 0 aliphatic carbocycles. The fourth-order valence-corrected chi connectivity index (χ4v) is 3.02. The van der Waals surface area contributed by atoms with Crippen LogP contribution in [0.5, 0.6) is 0 Å². The van der Waals surface area contributed by atoms with Crippen molar-refractivity contribution in [1.82, 2.24) is 9.80 Å². The van der Waals surface area contributed by atoms with Gasteiger partial charge in [0, 0.05) is 19.6 Å². The van der Waals surface area contributed by atoms with Crippen molar-refractivity contribution < 1.29 is 19.4 Å². The first kappa shape index (κ1) is 14.3. The Balaban J connectivity index is 1.91. The van der Waals surface area contributed by atoms with Crippen LogP contribution in [0.3, 0.4) is 0 Å². The molecule has 0 aromatic heterocycles. The normalized spacial score (nSPS) is 32.5. The summed E-state index contributed by atoms with van der Waals surface area (Å²) in [7, 11) is 0. The number of amides is 1. The van der Waals surface area contributed by atoms with Gasteiger partial charge in [-0.15, -0.1) is 0 Å². The number of nitrogens with zero attached hydrogens (tertiary/aromatic N) is 2. The fraction of sp³-hybridized carbons (Fsp3) is 0.846. The molecule has 2 rings (SSSR count). The van der Waals surface area contributed by atoms with Crippen LogP contribution in [0, 0.1) is 0 Å². The van der Waals surface area contributed by atoms with E-state index in [2.05, 4.69) is 4.90 Å². The lowest BCUT2D eigenvalue weighted by Gasteiger charge is -2.35. The minimum atomic E-state index is -0.894. The summed E-state index contributed by atoms with van der Waals surface area (Å²) in [5.41, 5.74) is 0. The molecule has 2 aliphatic rings. The Morgan fingerprint density at radius 2 is 1.89 bits per heavy atom. The van der Waals surface area contributed by atoms with E-state index >= 15 is 0 Å². The van der Waals surface area contributed by atoms with E-state index in [1.807, 2.05) is 13.8 Å². The van der Waals surface area contributed by atoms with Crippen molar-refractivity contribution in [2.75, 3.05) is 26.2 Å². The molecule has 0 radical (unpaired) electrons. The third-order valence-electron chi connectivity index (χ3n) is 3.71. The molecule has 0 aromatic rings. The summed E-state index contributed by atoms with van der Waals surface area (Å²) in [6, 6.07) is -0.636. The summed E-state index contributed by atoms with van der Waals surface area (Å²) in [6.45, 7) is 6.28. The molecular weight excluding hydrogens is 248 g/mol. The van der Waals surface area contributed by atoms with Gasteiger partial charge in [-0.25, -0.2) is 4.79 Å². The Labute approximate surface area is 113 Å². The van der Waals surface area contributed by atoms with E-state index in [0.717, 1.165) is 19.5 Å². The van der Waals surface area contributed by atoms with Crippen LogP contribution < -0.4 is 0 Å². The van der Waals surface area contributed by atoms with Crippen LogP contribution in [0.15, 0.2) is 0 Å². The highest BCUT2D eigenvalue weighted by molar-refractivity contribution is 5.85. The topological polar surface area (TPSA) is 70.1 Å². The van der Waals surface area contributed by atoms with Gasteiger partial charge in [0.05, 0.1) is 18.8 Å². The number of aliphatic carboxylic acids is 1. The quantitative estimate of drug-likeness (QED) is 0.791. The smallest absolute Gasteiger partial charge is 0.326 e. The zero-order valence-corrected chi connectivity index (χ0v) is 11.5. The summed E-state index contributed by atoms with van der Waals surface area (Å²) in [6.07, 6.45) is 1.58. The number of carbonyl (C=O) groups is 2. The first-order valence-corrected chi connectivity index (χ1v) is 6.87. The second kappa shape index (κ2) is 5.88. The van der Waals surface area contributed by atoms with E-state index in [0.29, 0.717) is 19.5 Å². The maximum absolute atomic E-state index is 12.2. The molecule has 3 unspecified atom stereocenters. The maximum atomic E-state index is 12.2. The van der Waals surface area contributed by atoms with Gasteiger partial charge in [0.1, 0.15) is 6.04 Å². The van der Waals surface area contributed by atoms with Crippen molar-refractivity contribution >= 4 is 11.9 Å². The van der Waals surface area contributed by atoms with Crippen molar-refractivity contribution in [2.24, 2.45) is 0 Å². The molecular formula is C13H22N2O4. The van der Waals surface area contributed by atoms with Crippen molar-refractivity contribution in [3.8, 4) is 0 Å². The molecule has 2 heterocycles. The Morgan fingerprint density at radius 1 is 1.26 bits per heavy atom. The monoisotopic (exact) mass is 270 g/mol. The van der Waals surface area contributed by atoms with Crippen molar-refractivity contribution in [1.29, 1.82) is 0 Å². The van der Waals surface area contributed by atoms with Gasteiger partial charge in [-0.1, -0.05) is 0 Å². The minimum absolute atomic E-state index is 0.0776. The number of carboxylic acids is 1. The number of carbonyl (C=O) groups excluding carboxylic acids is 1. The molecule has 2 fully saturated rings. The minimum Gasteiger partial charge on any atom is -0.480 e. The van der Waals surface area contributed by atoms with E-state index in [1.165, 1.54) is 4.90 Å². The lowest BCUT2D eigenvalue weighted by Crippen LogP contribution is -2.51. The molecule has 108 valence electrons. The number of morpholine rings is 1. The van der Waals surface area contributed by atoms with E-state index in [4.69, 9.17) is 9.84 Å². The summed E-state index contributed by atoms with van der Waals surface area (Å²) < 4.78 is 5.62. The number of carboxylic acid groups (broad SMARTS) is 1. The lowest BCUT2D eigenvalue weighted by atomic mass is 10.2. The molecule has 3 atom stereocenters. The van der Waals surface area contributed by atoms with Crippen LogP contribution >= 0.6 is 0 Å². The van der Waals surface area contributed by atoms with Gasteiger partial charge in [0.15, 0.2) is 0 Å². The zero-order valence-electron chi connectivity index (χ0n) is 11.5. The predicted octanol–water partition coefficient (Wildman–Crippen LogP) is 0.171. The Bertz CT molecular complexity index is 351. The van der Waals surface area contributed by atoms with Gasteiger partial charge in [-0.2, -0.15) is 0 Å². The van der Waals surface area contributed by atoms with Gasteiger partial charge >= 0.3 is 5.97 Å². The third-order valence-corrected chi connectivity index (χ3v) is 3.71. The van der Waals surface area contributed by atoms with E-state index in [-0.39, 0.29) is 18.1 Å². The van der Waals surface area contributed by atoms with E-state index < -0.39 is 12.0 Å². The average molecular weight is 270 g/mol. The Kier molecular flexibility index (Phi) is 4.42. The summed E-state index contributed by atoms with van der Waals surface area (Å²) in [5, 5.41) is 9.10. The molecule has 0 saturated carbocycles. The predicted molar refractivity (Wildman–Crippen MR) is 68.8 cm³/mol. The van der Waals surface area contributed by atoms with Crippen LogP contribution in [0.1, 0.15) is 26.7 Å². The van der Waals surface area contributed by atoms with E-state index in [9.17, 15) is 9.59 Å². The first-order valence-electron chi connectivity index (χ1n) is 6.87. The summed E-state index contributed by atoms with van der Waals surface area (Å²) in [4.78, 5) is 26.9. The van der Waals surface area contributed by atoms with Crippen LogP contribution in [0.4, 0.5) is 0 Å². The third kappa shape index (κ3) is 3.45. The molecule has 2 saturated heterocycles. The molecule has 6 nitrogen and oxygen atoms in total. The van der Waals surface area contributed by atoms with Crippen molar-refractivity contribution in [3.05, 3.63) is 0 Å². The van der Waals surface area contributed by atoms with Crippen LogP contribution in [-0.2, 0) is 14.3 Å². The van der Waals surface area contributed by atoms with Gasteiger partial charge in [-0.3, -0.25) is 9.69 Å².